The maximum atomic E-state index is 11.9. The van der Waals surface area contributed by atoms with Gasteiger partial charge in [0, 0.05) is 72.5 Å². The molecule has 0 amide bonds. The van der Waals surface area contributed by atoms with Crippen LogP contribution in [0.3, 0.4) is 0 Å². The van der Waals surface area contributed by atoms with Crippen molar-refractivity contribution in [3.63, 3.8) is 0 Å². The number of carboxylic acid groups (broad SMARTS) is 1. The van der Waals surface area contributed by atoms with E-state index in [4.69, 9.17) is 9.84 Å². The average Bonchev–Trinajstić information content (AvgIpc) is 3.24. The van der Waals surface area contributed by atoms with Gasteiger partial charge in [0.05, 0.1) is 22.9 Å². The molecule has 0 bridgehead atoms. The maximum Gasteiger partial charge on any atom is 0.303 e. The zero-order valence-corrected chi connectivity index (χ0v) is 32.6. The lowest BCUT2D eigenvalue weighted by molar-refractivity contribution is -0.137. The van der Waals surface area contributed by atoms with E-state index in [9.17, 15) is 30.7 Å². The average molecular weight is 840 g/mol. The summed E-state index contributed by atoms with van der Waals surface area (Å²) in [5, 5.41) is 8.99. The number of carboxylic acids is 1. The third-order valence-corrected chi connectivity index (χ3v) is 14.3. The van der Waals surface area contributed by atoms with Crippen LogP contribution in [0.15, 0.2) is 94.4 Å². The summed E-state index contributed by atoms with van der Waals surface area (Å²) in [5.74, 6) is -0.830. The lowest BCUT2D eigenvalue weighted by atomic mass is 9.80. The minimum absolute atomic E-state index is 0.103. The van der Waals surface area contributed by atoms with Crippen molar-refractivity contribution >= 4 is 62.1 Å². The summed E-state index contributed by atoms with van der Waals surface area (Å²) in [6, 6.07) is 9.19. The number of ether oxygens (including phenoxy) is 1. The standard InChI is InChI=1S/C36H45IN2O9S2/c1-35(2)29-25-27(50(45,46)47)18-20-31(29)39(22-23-48-5)37-32(35)14-10-7-6-8-11-15-33-36(3,4)28-24-26(49(42,43)44)17-19-30(28)38(33)21-13-9-12-16-34(40)41/h6-8,10-11,14-15,17-20,24-25H,9,12-13,16,21-23H2,1-5H3,(H,40,41)(H,42,43,44)(H,45,46,47)/p-1/b7-6+,11-8+,14-10+,33-15+. The molecule has 0 aromatic heterocycles. The number of halogens is 1. The lowest BCUT2D eigenvalue weighted by Gasteiger charge is -2.38. The number of hydrogen-bond acceptors (Lipinski definition) is 9. The van der Waals surface area contributed by atoms with Crippen LogP contribution in [-0.4, -0.2) is 67.3 Å². The molecule has 50 heavy (non-hydrogen) atoms. The van der Waals surface area contributed by atoms with Gasteiger partial charge in [0.1, 0.15) is 10.1 Å². The zero-order valence-electron chi connectivity index (χ0n) is 28.8. The number of fused-ring (bicyclic) bond motifs is 2. The van der Waals surface area contributed by atoms with E-state index in [0.717, 1.165) is 44.5 Å². The van der Waals surface area contributed by atoms with E-state index in [1.54, 1.807) is 25.3 Å². The number of nitrogens with zero attached hydrogens (tertiary/aromatic N) is 2. The van der Waals surface area contributed by atoms with E-state index in [-0.39, 0.29) is 16.2 Å². The molecule has 11 nitrogen and oxygen atoms in total. The molecular formula is C36H44IN2O9S2-. The Labute approximate surface area is 305 Å². The molecule has 2 aromatic rings. The van der Waals surface area contributed by atoms with E-state index in [1.165, 1.54) is 18.2 Å². The van der Waals surface area contributed by atoms with E-state index in [0.29, 0.717) is 26.1 Å². The van der Waals surface area contributed by atoms with Gasteiger partial charge in [-0.15, -0.1) is 0 Å². The lowest BCUT2D eigenvalue weighted by Crippen LogP contribution is -2.35. The number of aliphatic carboxylic acids is 1. The molecule has 0 unspecified atom stereocenters. The van der Waals surface area contributed by atoms with Crippen molar-refractivity contribution in [2.45, 2.75) is 74.0 Å². The fourth-order valence-electron chi connectivity index (χ4n) is 6.10. The number of hydrogen-bond donors (Lipinski definition) is 2. The highest BCUT2D eigenvalue weighted by atomic mass is 127. The second-order valence-corrected chi connectivity index (χ2v) is 18.7. The van der Waals surface area contributed by atoms with Gasteiger partial charge in [-0.1, -0.05) is 70.6 Å². The molecule has 2 aliphatic rings. The largest absolute Gasteiger partial charge is 0.744 e. The second-order valence-electron chi connectivity index (χ2n) is 13.1. The van der Waals surface area contributed by atoms with Gasteiger partial charge in [-0.3, -0.25) is 9.35 Å². The van der Waals surface area contributed by atoms with Crippen LogP contribution in [0, 0.1) is 0 Å². The quantitative estimate of drug-likeness (QED) is 0.0650. The van der Waals surface area contributed by atoms with Crippen molar-refractivity contribution < 1.29 is 40.6 Å². The van der Waals surface area contributed by atoms with Gasteiger partial charge in [0.2, 0.25) is 0 Å². The van der Waals surface area contributed by atoms with Gasteiger partial charge in [-0.25, -0.2) is 8.42 Å². The molecule has 2 heterocycles. The Morgan fingerprint density at radius 3 is 2.14 bits per heavy atom. The fourth-order valence-corrected chi connectivity index (χ4v) is 10.1. The molecule has 272 valence electrons. The minimum atomic E-state index is -4.63. The summed E-state index contributed by atoms with van der Waals surface area (Å²) >= 11 is -0.626. The number of benzene rings is 2. The smallest absolute Gasteiger partial charge is 0.303 e. The highest BCUT2D eigenvalue weighted by Gasteiger charge is 2.40. The molecule has 2 aliphatic heterocycles. The maximum absolute atomic E-state index is 11.9. The molecule has 0 saturated carbocycles. The van der Waals surface area contributed by atoms with Gasteiger partial charge in [0.15, 0.2) is 0 Å². The van der Waals surface area contributed by atoms with E-state index in [1.807, 2.05) is 50.3 Å². The normalized spacial score (nSPS) is 18.1. The zero-order chi connectivity index (χ0) is 36.9. The summed E-state index contributed by atoms with van der Waals surface area (Å²) in [6.45, 7) is 9.83. The summed E-state index contributed by atoms with van der Waals surface area (Å²) in [7, 11) is -7.36. The van der Waals surface area contributed by atoms with Gasteiger partial charge in [0.25, 0.3) is 10.1 Å². The molecule has 14 heteroatoms. The summed E-state index contributed by atoms with van der Waals surface area (Å²) in [4.78, 5) is 12.6. The first-order valence-corrected chi connectivity index (χ1v) is 21.0. The van der Waals surface area contributed by atoms with Crippen molar-refractivity contribution in [2.24, 2.45) is 0 Å². The number of allylic oxidation sites excluding steroid dienone is 8. The Balaban J connectivity index is 1.56. The van der Waals surface area contributed by atoms with Crippen LogP contribution < -0.4 is 8.01 Å². The van der Waals surface area contributed by atoms with Crippen LogP contribution in [0.4, 0.5) is 11.4 Å². The predicted octanol–water partition coefficient (Wildman–Crippen LogP) is 6.63. The molecule has 0 fully saturated rings. The Morgan fingerprint density at radius 2 is 1.48 bits per heavy atom. The monoisotopic (exact) mass is 839 g/mol. The van der Waals surface area contributed by atoms with Crippen molar-refractivity contribution in [2.75, 3.05) is 34.8 Å². The van der Waals surface area contributed by atoms with Gasteiger partial charge in [-0.2, -0.15) is 8.42 Å². The molecule has 2 N–H and O–H groups in total. The number of unbranched alkanes of at least 4 members (excludes halogenated alkanes) is 2. The van der Waals surface area contributed by atoms with Crippen molar-refractivity contribution in [1.82, 2.24) is 0 Å². The molecule has 4 rings (SSSR count). The predicted molar refractivity (Wildman–Crippen MR) is 204 cm³/mol. The first-order valence-electron chi connectivity index (χ1n) is 16.1. The Kier molecular flexibility index (Phi) is 12.7. The molecule has 2 aromatic carbocycles. The van der Waals surface area contributed by atoms with Gasteiger partial charge >= 0.3 is 5.97 Å². The van der Waals surface area contributed by atoms with Crippen LogP contribution in [0.5, 0.6) is 0 Å². The Hall–Kier alpha value is -3.15. The fraction of sp³-hybridized carbons (Fsp3) is 0.389. The SMILES string of the molecule is COCCN1I=C(/C=C/C=C/C=C/C=C2/N(CCCCCC(=O)O)c3ccc(S(=O)(=O)[O-])cc3C2(C)C)C(C)(C)c2cc(S(=O)(=O)O)ccc21. The molecule has 0 atom stereocenters. The van der Waals surface area contributed by atoms with Crippen molar-refractivity contribution in [1.29, 1.82) is 0 Å². The summed E-state index contributed by atoms with van der Waals surface area (Å²) in [6.07, 6.45) is 15.7. The number of carbonyl (C=O) groups is 1. The van der Waals surface area contributed by atoms with Crippen LogP contribution in [0.2, 0.25) is 0 Å². The molecular weight excluding hydrogens is 795 g/mol. The third-order valence-electron chi connectivity index (χ3n) is 8.85. The van der Waals surface area contributed by atoms with E-state index >= 15 is 0 Å². The van der Waals surface area contributed by atoms with E-state index < -0.39 is 58.0 Å². The van der Waals surface area contributed by atoms with Crippen molar-refractivity contribution in [3.05, 3.63) is 95.8 Å². The second kappa shape index (κ2) is 16.0. The van der Waals surface area contributed by atoms with Gasteiger partial charge in [-0.05, 0) is 66.4 Å². The van der Waals surface area contributed by atoms with Crippen LogP contribution in [-0.2, 0) is 40.6 Å². The van der Waals surface area contributed by atoms with E-state index in [2.05, 4.69) is 27.9 Å². The first-order chi connectivity index (χ1) is 23.4. The highest BCUT2D eigenvalue weighted by Crippen LogP contribution is 2.49. The number of methoxy groups -OCH3 is 1. The minimum Gasteiger partial charge on any atom is -0.744 e. The van der Waals surface area contributed by atoms with Gasteiger partial charge < -0.3 is 22.4 Å². The van der Waals surface area contributed by atoms with Crippen LogP contribution in [0.25, 0.3) is 0 Å². The van der Waals surface area contributed by atoms with Crippen LogP contribution >= 0.6 is 21.0 Å². The number of anilines is 2. The topological polar surface area (TPSA) is 165 Å². The Bertz CT molecular complexity index is 1980. The highest BCUT2D eigenvalue weighted by molar-refractivity contribution is 14.2. The Morgan fingerprint density at radius 1 is 0.860 bits per heavy atom. The number of rotatable bonds is 15. The summed E-state index contributed by atoms with van der Waals surface area (Å²) in [5.41, 5.74) is 3.16. The third kappa shape index (κ3) is 9.19. The molecule has 0 radical (unpaired) electrons. The summed E-state index contributed by atoms with van der Waals surface area (Å²) < 4.78 is 77.7. The first kappa shape index (κ1) is 39.6. The van der Waals surface area contributed by atoms with Crippen LogP contribution in [0.1, 0.15) is 64.5 Å². The molecule has 0 aliphatic carbocycles. The molecule has 0 saturated heterocycles. The molecule has 0 spiro atoms. The van der Waals surface area contributed by atoms with Crippen molar-refractivity contribution in [3.8, 4) is 0 Å².